The van der Waals surface area contributed by atoms with Crippen molar-refractivity contribution < 1.29 is 4.39 Å². The lowest BCUT2D eigenvalue weighted by Crippen LogP contribution is -2.13. The molecule has 0 atom stereocenters. The third kappa shape index (κ3) is 3.14. The molecule has 0 radical (unpaired) electrons. The standard InChI is InChI=1S/C15H17FN2/c1-11-5-6-17-9-14(11)10-18-8-13-3-4-15(16)12(2)7-13/h3-7,9,18H,8,10H2,1-2H3. The first-order valence-electron chi connectivity index (χ1n) is 6.02. The topological polar surface area (TPSA) is 24.9 Å². The van der Waals surface area contributed by atoms with E-state index in [9.17, 15) is 4.39 Å². The highest BCUT2D eigenvalue weighted by Gasteiger charge is 2.00. The van der Waals surface area contributed by atoms with Crippen LogP contribution in [0.2, 0.25) is 0 Å². The van der Waals surface area contributed by atoms with Crippen LogP contribution in [0.1, 0.15) is 22.3 Å². The summed E-state index contributed by atoms with van der Waals surface area (Å²) in [4.78, 5) is 4.11. The smallest absolute Gasteiger partial charge is 0.126 e. The van der Waals surface area contributed by atoms with Gasteiger partial charge in [-0.3, -0.25) is 4.98 Å². The number of hydrogen-bond donors (Lipinski definition) is 1. The zero-order valence-corrected chi connectivity index (χ0v) is 10.7. The van der Waals surface area contributed by atoms with Crippen molar-refractivity contribution in [1.29, 1.82) is 0 Å². The third-order valence-electron chi connectivity index (χ3n) is 3.01. The lowest BCUT2D eigenvalue weighted by molar-refractivity contribution is 0.615. The van der Waals surface area contributed by atoms with E-state index in [0.717, 1.165) is 18.7 Å². The molecule has 0 spiro atoms. The Kier molecular flexibility index (Phi) is 4.05. The van der Waals surface area contributed by atoms with Crippen molar-refractivity contribution in [2.45, 2.75) is 26.9 Å². The summed E-state index contributed by atoms with van der Waals surface area (Å²) in [7, 11) is 0. The highest BCUT2D eigenvalue weighted by atomic mass is 19.1. The van der Waals surface area contributed by atoms with Crippen molar-refractivity contribution in [2.24, 2.45) is 0 Å². The Morgan fingerprint density at radius 2 is 1.94 bits per heavy atom. The number of rotatable bonds is 4. The van der Waals surface area contributed by atoms with Gasteiger partial charge in [0, 0.05) is 25.5 Å². The predicted octanol–water partition coefficient (Wildman–Crippen LogP) is 3.13. The summed E-state index contributed by atoms with van der Waals surface area (Å²) < 4.78 is 13.1. The fraction of sp³-hybridized carbons (Fsp3) is 0.267. The Morgan fingerprint density at radius 1 is 1.11 bits per heavy atom. The van der Waals surface area contributed by atoms with Gasteiger partial charge in [0.05, 0.1) is 0 Å². The van der Waals surface area contributed by atoms with Crippen molar-refractivity contribution in [2.75, 3.05) is 0 Å². The lowest BCUT2D eigenvalue weighted by Gasteiger charge is -2.08. The molecule has 1 aromatic carbocycles. The number of hydrogen-bond acceptors (Lipinski definition) is 2. The Morgan fingerprint density at radius 3 is 2.67 bits per heavy atom. The molecule has 94 valence electrons. The van der Waals surface area contributed by atoms with Crippen LogP contribution in [0.4, 0.5) is 4.39 Å². The summed E-state index contributed by atoms with van der Waals surface area (Å²) in [5.41, 5.74) is 4.20. The van der Waals surface area contributed by atoms with E-state index < -0.39 is 0 Å². The second kappa shape index (κ2) is 5.74. The molecule has 1 aromatic heterocycles. The zero-order chi connectivity index (χ0) is 13.0. The van der Waals surface area contributed by atoms with Crippen molar-refractivity contribution in [3.63, 3.8) is 0 Å². The molecule has 3 heteroatoms. The SMILES string of the molecule is Cc1cc(CNCc2cnccc2C)ccc1F. The summed E-state index contributed by atoms with van der Waals surface area (Å²) >= 11 is 0. The van der Waals surface area contributed by atoms with Gasteiger partial charge in [0.25, 0.3) is 0 Å². The van der Waals surface area contributed by atoms with Crippen LogP contribution in [0.5, 0.6) is 0 Å². The van der Waals surface area contributed by atoms with Crippen LogP contribution in [0.3, 0.4) is 0 Å². The molecule has 18 heavy (non-hydrogen) atoms. The first-order valence-corrected chi connectivity index (χ1v) is 6.02. The molecule has 0 saturated carbocycles. The maximum atomic E-state index is 13.1. The van der Waals surface area contributed by atoms with E-state index in [0.29, 0.717) is 5.56 Å². The van der Waals surface area contributed by atoms with Crippen LogP contribution in [-0.2, 0) is 13.1 Å². The number of aryl methyl sites for hydroxylation is 2. The average molecular weight is 244 g/mol. The summed E-state index contributed by atoms with van der Waals surface area (Å²) in [6.45, 7) is 5.36. The molecule has 0 saturated heterocycles. The molecule has 2 nitrogen and oxygen atoms in total. The second-order valence-electron chi connectivity index (χ2n) is 4.49. The Hall–Kier alpha value is -1.74. The quantitative estimate of drug-likeness (QED) is 0.893. The number of nitrogens with one attached hydrogen (secondary N) is 1. The van der Waals surface area contributed by atoms with Crippen LogP contribution in [0, 0.1) is 19.7 Å². The minimum Gasteiger partial charge on any atom is -0.309 e. The molecule has 2 rings (SSSR count). The van der Waals surface area contributed by atoms with Gasteiger partial charge in [0.2, 0.25) is 0 Å². The van der Waals surface area contributed by atoms with Crippen molar-refractivity contribution in [3.8, 4) is 0 Å². The van der Waals surface area contributed by atoms with E-state index in [1.807, 2.05) is 24.4 Å². The summed E-state index contributed by atoms with van der Waals surface area (Å²) in [5.74, 6) is -0.151. The largest absolute Gasteiger partial charge is 0.309 e. The van der Waals surface area contributed by atoms with Crippen molar-refractivity contribution in [1.82, 2.24) is 10.3 Å². The number of halogens is 1. The van der Waals surface area contributed by atoms with E-state index in [1.54, 1.807) is 13.1 Å². The van der Waals surface area contributed by atoms with E-state index in [2.05, 4.69) is 17.2 Å². The van der Waals surface area contributed by atoms with Gasteiger partial charge in [0.15, 0.2) is 0 Å². The minimum absolute atomic E-state index is 0.151. The first kappa shape index (κ1) is 12.7. The Bertz CT molecular complexity index is 538. The number of benzene rings is 1. The molecular formula is C15H17FN2. The minimum atomic E-state index is -0.151. The maximum Gasteiger partial charge on any atom is 0.126 e. The Labute approximate surface area is 107 Å². The molecule has 0 unspecified atom stereocenters. The van der Waals surface area contributed by atoms with Crippen molar-refractivity contribution >= 4 is 0 Å². The number of pyridine rings is 1. The average Bonchev–Trinajstić information content (AvgIpc) is 2.36. The molecular weight excluding hydrogens is 227 g/mol. The summed E-state index contributed by atoms with van der Waals surface area (Å²) in [5, 5.41) is 3.34. The highest BCUT2D eigenvalue weighted by molar-refractivity contribution is 5.24. The van der Waals surface area contributed by atoms with Gasteiger partial charge in [-0.15, -0.1) is 0 Å². The van der Waals surface area contributed by atoms with Gasteiger partial charge >= 0.3 is 0 Å². The molecule has 1 N–H and O–H groups in total. The van der Waals surface area contributed by atoms with Crippen LogP contribution in [0.25, 0.3) is 0 Å². The number of aromatic nitrogens is 1. The van der Waals surface area contributed by atoms with Gasteiger partial charge in [-0.1, -0.05) is 12.1 Å². The highest BCUT2D eigenvalue weighted by Crippen LogP contribution is 2.09. The molecule has 0 aliphatic carbocycles. The molecule has 0 bridgehead atoms. The van der Waals surface area contributed by atoms with Crippen LogP contribution in [0.15, 0.2) is 36.7 Å². The van der Waals surface area contributed by atoms with Gasteiger partial charge in [-0.25, -0.2) is 4.39 Å². The van der Waals surface area contributed by atoms with E-state index in [1.165, 1.54) is 17.2 Å². The van der Waals surface area contributed by atoms with Gasteiger partial charge < -0.3 is 5.32 Å². The third-order valence-corrected chi connectivity index (χ3v) is 3.01. The number of nitrogens with zero attached hydrogens (tertiary/aromatic N) is 1. The fourth-order valence-corrected chi connectivity index (χ4v) is 1.84. The predicted molar refractivity (Wildman–Crippen MR) is 70.7 cm³/mol. The van der Waals surface area contributed by atoms with Crippen LogP contribution < -0.4 is 5.32 Å². The first-order chi connectivity index (χ1) is 8.66. The van der Waals surface area contributed by atoms with E-state index in [-0.39, 0.29) is 5.82 Å². The molecule has 0 amide bonds. The van der Waals surface area contributed by atoms with Crippen molar-refractivity contribution in [3.05, 3.63) is 64.7 Å². The lowest BCUT2D eigenvalue weighted by atomic mass is 10.1. The molecule has 2 aromatic rings. The van der Waals surface area contributed by atoms with Gasteiger partial charge in [-0.2, -0.15) is 0 Å². The molecule has 1 heterocycles. The zero-order valence-electron chi connectivity index (χ0n) is 10.7. The monoisotopic (exact) mass is 244 g/mol. The fourth-order valence-electron chi connectivity index (χ4n) is 1.84. The molecule has 0 fully saturated rings. The van der Waals surface area contributed by atoms with Gasteiger partial charge in [0.1, 0.15) is 5.82 Å². The summed E-state index contributed by atoms with van der Waals surface area (Å²) in [6, 6.07) is 7.20. The maximum absolute atomic E-state index is 13.1. The van der Waals surface area contributed by atoms with Crippen LogP contribution >= 0.6 is 0 Å². The molecule has 0 aliphatic rings. The normalized spacial score (nSPS) is 10.6. The Balaban J connectivity index is 1.92. The van der Waals surface area contributed by atoms with E-state index in [4.69, 9.17) is 0 Å². The van der Waals surface area contributed by atoms with Gasteiger partial charge in [-0.05, 0) is 48.2 Å². The van der Waals surface area contributed by atoms with E-state index >= 15 is 0 Å². The molecule has 0 aliphatic heterocycles. The summed E-state index contributed by atoms with van der Waals surface area (Å²) in [6.07, 6.45) is 3.67. The second-order valence-corrected chi connectivity index (χ2v) is 4.49. The van der Waals surface area contributed by atoms with Crippen LogP contribution in [-0.4, -0.2) is 4.98 Å².